The van der Waals surface area contributed by atoms with Crippen molar-refractivity contribution in [3.05, 3.63) is 40.6 Å². The first kappa shape index (κ1) is 17.9. The largest absolute Gasteiger partial charge is 0.497 e. The number of rotatable bonds is 8. The molecule has 25 heavy (non-hydrogen) atoms. The summed E-state index contributed by atoms with van der Waals surface area (Å²) in [6.07, 6.45) is 1.06. The SMILES string of the molecule is CCOC(=O)CNc1nc(Nc2cccc(OC)c2)ncc1[N+](=O)[O-]. The van der Waals surface area contributed by atoms with Gasteiger partial charge in [-0.05, 0) is 19.1 Å². The van der Waals surface area contributed by atoms with E-state index in [1.54, 1.807) is 38.3 Å². The van der Waals surface area contributed by atoms with Gasteiger partial charge in [0.25, 0.3) is 0 Å². The zero-order valence-corrected chi connectivity index (χ0v) is 13.7. The van der Waals surface area contributed by atoms with Crippen molar-refractivity contribution in [3.63, 3.8) is 0 Å². The first-order valence-electron chi connectivity index (χ1n) is 7.35. The van der Waals surface area contributed by atoms with E-state index in [0.717, 1.165) is 6.20 Å². The Kier molecular flexibility index (Phi) is 6.04. The third kappa shape index (κ3) is 5.03. The van der Waals surface area contributed by atoms with E-state index in [-0.39, 0.29) is 30.6 Å². The van der Waals surface area contributed by atoms with Crippen molar-refractivity contribution in [2.45, 2.75) is 6.92 Å². The van der Waals surface area contributed by atoms with Gasteiger partial charge in [0.05, 0.1) is 18.6 Å². The molecule has 1 aromatic carbocycles. The van der Waals surface area contributed by atoms with E-state index in [2.05, 4.69) is 20.6 Å². The predicted octanol–water partition coefficient (Wildman–Crippen LogP) is 2.11. The fraction of sp³-hybridized carbons (Fsp3) is 0.267. The molecule has 10 heteroatoms. The van der Waals surface area contributed by atoms with Gasteiger partial charge in [0.2, 0.25) is 11.8 Å². The maximum Gasteiger partial charge on any atom is 0.329 e. The third-order valence-electron chi connectivity index (χ3n) is 3.00. The van der Waals surface area contributed by atoms with Crippen LogP contribution in [-0.2, 0) is 9.53 Å². The molecular formula is C15H17N5O5. The lowest BCUT2D eigenvalue weighted by atomic mass is 10.3. The molecule has 2 N–H and O–H groups in total. The van der Waals surface area contributed by atoms with Crippen molar-refractivity contribution in [2.75, 3.05) is 30.9 Å². The lowest BCUT2D eigenvalue weighted by Crippen LogP contribution is -2.18. The van der Waals surface area contributed by atoms with Gasteiger partial charge in [0.1, 0.15) is 18.5 Å². The quantitative estimate of drug-likeness (QED) is 0.419. The van der Waals surface area contributed by atoms with Crippen LogP contribution in [0.5, 0.6) is 5.75 Å². The maximum absolute atomic E-state index is 11.4. The smallest absolute Gasteiger partial charge is 0.329 e. The predicted molar refractivity (Wildman–Crippen MR) is 90.1 cm³/mol. The summed E-state index contributed by atoms with van der Waals surface area (Å²) < 4.78 is 9.89. The number of anilines is 3. The minimum atomic E-state index is -0.636. The molecule has 1 aromatic heterocycles. The summed E-state index contributed by atoms with van der Waals surface area (Å²) >= 11 is 0. The Morgan fingerprint density at radius 2 is 2.20 bits per heavy atom. The van der Waals surface area contributed by atoms with Crippen LogP contribution >= 0.6 is 0 Å². The number of carbonyl (C=O) groups excluding carboxylic acids is 1. The Labute approximate surface area is 143 Å². The number of hydrogen-bond donors (Lipinski definition) is 2. The molecule has 0 aliphatic rings. The number of ether oxygens (including phenoxy) is 2. The summed E-state index contributed by atoms with van der Waals surface area (Å²) in [4.78, 5) is 29.8. The average Bonchev–Trinajstić information content (AvgIpc) is 2.60. The molecule has 132 valence electrons. The Morgan fingerprint density at radius 1 is 1.40 bits per heavy atom. The van der Waals surface area contributed by atoms with Crippen LogP contribution in [0, 0.1) is 10.1 Å². The summed E-state index contributed by atoms with van der Waals surface area (Å²) in [6.45, 7) is 1.64. The number of esters is 1. The summed E-state index contributed by atoms with van der Waals surface area (Å²) in [5, 5.41) is 16.6. The highest BCUT2D eigenvalue weighted by molar-refractivity contribution is 5.76. The molecule has 0 radical (unpaired) electrons. The molecule has 0 atom stereocenters. The number of benzene rings is 1. The van der Waals surface area contributed by atoms with E-state index in [1.165, 1.54) is 0 Å². The molecule has 0 fully saturated rings. The standard InChI is InChI=1S/C15H17N5O5/c1-3-25-13(21)9-16-14-12(20(22)23)8-17-15(19-14)18-10-5-4-6-11(7-10)24-2/h4-8H,3,9H2,1-2H3,(H2,16,17,18,19). The van der Waals surface area contributed by atoms with Gasteiger partial charge in [0.15, 0.2) is 0 Å². The highest BCUT2D eigenvalue weighted by Crippen LogP contribution is 2.24. The molecule has 0 aliphatic heterocycles. The van der Waals surface area contributed by atoms with Crippen molar-refractivity contribution in [1.29, 1.82) is 0 Å². The number of nitro groups is 1. The molecule has 0 spiro atoms. The van der Waals surface area contributed by atoms with Crippen molar-refractivity contribution in [1.82, 2.24) is 9.97 Å². The van der Waals surface area contributed by atoms with Gasteiger partial charge in [0, 0.05) is 11.8 Å². The normalized spacial score (nSPS) is 10.0. The Balaban J connectivity index is 2.20. The van der Waals surface area contributed by atoms with Gasteiger partial charge in [-0.15, -0.1) is 0 Å². The van der Waals surface area contributed by atoms with Crippen LogP contribution in [-0.4, -0.2) is 41.1 Å². The number of methoxy groups -OCH3 is 1. The zero-order chi connectivity index (χ0) is 18.2. The minimum absolute atomic E-state index is 0.0848. The van der Waals surface area contributed by atoms with E-state index < -0.39 is 10.9 Å². The van der Waals surface area contributed by atoms with Gasteiger partial charge in [-0.1, -0.05) is 6.07 Å². The molecular weight excluding hydrogens is 330 g/mol. The summed E-state index contributed by atoms with van der Waals surface area (Å²) in [7, 11) is 1.54. The van der Waals surface area contributed by atoms with Crippen molar-refractivity contribution >= 4 is 29.1 Å². The molecule has 10 nitrogen and oxygen atoms in total. The second-order valence-electron chi connectivity index (χ2n) is 4.70. The van der Waals surface area contributed by atoms with Gasteiger partial charge in [-0.3, -0.25) is 14.9 Å². The van der Waals surface area contributed by atoms with Gasteiger partial charge >= 0.3 is 11.7 Å². The molecule has 2 rings (SSSR count). The Bertz CT molecular complexity index is 768. The Hall–Kier alpha value is -3.43. The van der Waals surface area contributed by atoms with Crippen LogP contribution in [0.25, 0.3) is 0 Å². The molecule has 0 saturated heterocycles. The molecule has 1 heterocycles. The van der Waals surface area contributed by atoms with Gasteiger partial charge in [-0.2, -0.15) is 4.98 Å². The van der Waals surface area contributed by atoms with Crippen molar-refractivity contribution in [3.8, 4) is 5.75 Å². The highest BCUT2D eigenvalue weighted by atomic mass is 16.6. The van der Waals surface area contributed by atoms with Crippen LogP contribution < -0.4 is 15.4 Å². The lowest BCUT2D eigenvalue weighted by Gasteiger charge is -2.09. The number of nitrogens with zero attached hydrogens (tertiary/aromatic N) is 3. The number of aromatic nitrogens is 2. The number of hydrogen-bond acceptors (Lipinski definition) is 9. The molecule has 2 aromatic rings. The molecule has 0 aliphatic carbocycles. The summed E-state index contributed by atoms with van der Waals surface area (Å²) in [5.74, 6) is 0.133. The van der Waals surface area contributed by atoms with E-state index in [0.29, 0.717) is 11.4 Å². The van der Waals surface area contributed by atoms with Crippen molar-refractivity contribution < 1.29 is 19.2 Å². The molecule has 0 bridgehead atoms. The van der Waals surface area contributed by atoms with Gasteiger partial charge in [-0.25, -0.2) is 4.98 Å². The summed E-state index contributed by atoms with van der Waals surface area (Å²) in [6, 6.07) is 7.02. The van der Waals surface area contributed by atoms with Gasteiger partial charge < -0.3 is 20.1 Å². The maximum atomic E-state index is 11.4. The van der Waals surface area contributed by atoms with Crippen LogP contribution in [0.15, 0.2) is 30.5 Å². The average molecular weight is 347 g/mol. The van der Waals surface area contributed by atoms with E-state index in [4.69, 9.17) is 9.47 Å². The number of carbonyl (C=O) groups is 1. The fourth-order valence-corrected chi connectivity index (χ4v) is 1.90. The van der Waals surface area contributed by atoms with E-state index in [1.807, 2.05) is 0 Å². The fourth-order valence-electron chi connectivity index (χ4n) is 1.90. The van der Waals surface area contributed by atoms with Crippen molar-refractivity contribution in [2.24, 2.45) is 0 Å². The Morgan fingerprint density at radius 3 is 2.88 bits per heavy atom. The van der Waals surface area contributed by atoms with Crippen LogP contribution in [0.2, 0.25) is 0 Å². The van der Waals surface area contributed by atoms with Crippen LogP contribution in [0.3, 0.4) is 0 Å². The molecule has 0 unspecified atom stereocenters. The van der Waals surface area contributed by atoms with E-state index >= 15 is 0 Å². The van der Waals surface area contributed by atoms with Crippen LogP contribution in [0.4, 0.5) is 23.1 Å². The van der Waals surface area contributed by atoms with E-state index in [9.17, 15) is 14.9 Å². The topological polar surface area (TPSA) is 129 Å². The molecule has 0 saturated carbocycles. The minimum Gasteiger partial charge on any atom is -0.497 e. The summed E-state index contributed by atoms with van der Waals surface area (Å²) in [5.41, 5.74) is 0.296. The second kappa shape index (κ2) is 8.43. The lowest BCUT2D eigenvalue weighted by molar-refractivity contribution is -0.384. The zero-order valence-electron chi connectivity index (χ0n) is 13.7. The second-order valence-corrected chi connectivity index (χ2v) is 4.70. The first-order chi connectivity index (χ1) is 12.0. The highest BCUT2D eigenvalue weighted by Gasteiger charge is 2.18. The number of nitrogens with one attached hydrogen (secondary N) is 2. The van der Waals surface area contributed by atoms with Crippen LogP contribution in [0.1, 0.15) is 6.92 Å². The first-order valence-corrected chi connectivity index (χ1v) is 7.35. The third-order valence-corrected chi connectivity index (χ3v) is 3.00. The monoisotopic (exact) mass is 347 g/mol. The molecule has 0 amide bonds.